The standard InChI is InChI=1S/C26H27Cl2N3O3S/c1-19(20-7-11-23(12-8-20)30-15-2-3-16-30)29-26(32)18-31(24-6-4-5-22(28)17-24)35(33,34)25-13-9-21(27)10-14-25/h4-14,17,19H,2-3,15-16,18H2,1H3,(H,29,32). The highest BCUT2D eigenvalue weighted by molar-refractivity contribution is 7.92. The Morgan fingerprint density at radius 2 is 1.63 bits per heavy atom. The van der Waals surface area contributed by atoms with Gasteiger partial charge in [0.25, 0.3) is 10.0 Å². The molecule has 1 unspecified atom stereocenters. The largest absolute Gasteiger partial charge is 0.372 e. The van der Waals surface area contributed by atoms with Gasteiger partial charge in [-0.2, -0.15) is 0 Å². The van der Waals surface area contributed by atoms with E-state index in [1.54, 1.807) is 18.2 Å². The Morgan fingerprint density at radius 1 is 0.971 bits per heavy atom. The predicted octanol–water partition coefficient (Wildman–Crippen LogP) is 5.67. The van der Waals surface area contributed by atoms with Gasteiger partial charge in [0, 0.05) is 28.8 Å². The monoisotopic (exact) mass is 531 g/mol. The summed E-state index contributed by atoms with van der Waals surface area (Å²) in [6, 6.07) is 20.1. The Kier molecular flexibility index (Phi) is 7.89. The number of carbonyl (C=O) groups is 1. The number of hydrogen-bond donors (Lipinski definition) is 1. The molecule has 1 atom stereocenters. The first-order chi connectivity index (χ1) is 16.7. The van der Waals surface area contributed by atoms with Crippen LogP contribution in [-0.2, 0) is 14.8 Å². The molecule has 1 fully saturated rings. The van der Waals surface area contributed by atoms with E-state index in [-0.39, 0.29) is 10.9 Å². The Hall–Kier alpha value is -2.74. The molecule has 0 bridgehead atoms. The zero-order valence-electron chi connectivity index (χ0n) is 19.3. The van der Waals surface area contributed by atoms with Crippen LogP contribution in [0.2, 0.25) is 10.0 Å². The maximum atomic E-state index is 13.5. The Balaban J connectivity index is 1.52. The van der Waals surface area contributed by atoms with Gasteiger partial charge in [-0.15, -0.1) is 0 Å². The van der Waals surface area contributed by atoms with Crippen molar-refractivity contribution in [3.8, 4) is 0 Å². The van der Waals surface area contributed by atoms with Crippen molar-refractivity contribution in [2.24, 2.45) is 0 Å². The molecular weight excluding hydrogens is 505 g/mol. The van der Waals surface area contributed by atoms with Gasteiger partial charge in [-0.05, 0) is 79.9 Å². The van der Waals surface area contributed by atoms with Crippen LogP contribution in [0.3, 0.4) is 0 Å². The minimum absolute atomic E-state index is 0.0280. The normalized spacial score (nSPS) is 14.5. The molecule has 0 radical (unpaired) electrons. The summed E-state index contributed by atoms with van der Waals surface area (Å²) < 4.78 is 28.0. The summed E-state index contributed by atoms with van der Waals surface area (Å²) in [6.45, 7) is 3.60. The first kappa shape index (κ1) is 25.4. The van der Waals surface area contributed by atoms with Crippen molar-refractivity contribution in [2.45, 2.75) is 30.7 Å². The average Bonchev–Trinajstić information content (AvgIpc) is 3.38. The third-order valence-electron chi connectivity index (χ3n) is 6.03. The molecule has 35 heavy (non-hydrogen) atoms. The van der Waals surface area contributed by atoms with Crippen LogP contribution in [0.15, 0.2) is 77.7 Å². The second-order valence-electron chi connectivity index (χ2n) is 8.52. The maximum absolute atomic E-state index is 13.5. The minimum atomic E-state index is -4.05. The molecule has 0 aromatic heterocycles. The van der Waals surface area contributed by atoms with Crippen LogP contribution in [-0.4, -0.2) is 34.0 Å². The SMILES string of the molecule is CC(NC(=O)CN(c1cccc(Cl)c1)S(=O)(=O)c1ccc(Cl)cc1)c1ccc(N2CCCC2)cc1. The molecule has 3 aromatic carbocycles. The Labute approximate surface area is 216 Å². The van der Waals surface area contributed by atoms with Crippen LogP contribution in [0.4, 0.5) is 11.4 Å². The second kappa shape index (κ2) is 10.9. The van der Waals surface area contributed by atoms with Gasteiger partial charge in [-0.3, -0.25) is 9.10 Å². The van der Waals surface area contributed by atoms with E-state index in [2.05, 4.69) is 22.3 Å². The number of amides is 1. The molecule has 0 aliphatic carbocycles. The number of rotatable bonds is 8. The van der Waals surface area contributed by atoms with E-state index in [9.17, 15) is 13.2 Å². The predicted molar refractivity (Wildman–Crippen MR) is 142 cm³/mol. The third kappa shape index (κ3) is 6.10. The lowest BCUT2D eigenvalue weighted by Crippen LogP contribution is -2.41. The average molecular weight is 532 g/mol. The van der Waals surface area contributed by atoms with E-state index in [0.29, 0.717) is 15.7 Å². The van der Waals surface area contributed by atoms with Gasteiger partial charge in [0.2, 0.25) is 5.91 Å². The summed E-state index contributed by atoms with van der Waals surface area (Å²) in [7, 11) is -4.05. The first-order valence-electron chi connectivity index (χ1n) is 11.4. The molecule has 0 saturated carbocycles. The van der Waals surface area contributed by atoms with E-state index < -0.39 is 22.5 Å². The van der Waals surface area contributed by atoms with Crippen molar-refractivity contribution in [3.63, 3.8) is 0 Å². The van der Waals surface area contributed by atoms with Crippen molar-refractivity contribution < 1.29 is 13.2 Å². The van der Waals surface area contributed by atoms with Crippen LogP contribution >= 0.6 is 23.2 Å². The molecule has 9 heteroatoms. The quantitative estimate of drug-likeness (QED) is 0.406. The zero-order valence-corrected chi connectivity index (χ0v) is 21.7. The van der Waals surface area contributed by atoms with Crippen LogP contribution in [0, 0.1) is 0 Å². The summed E-state index contributed by atoms with van der Waals surface area (Å²) >= 11 is 12.1. The summed E-state index contributed by atoms with van der Waals surface area (Å²) in [6.07, 6.45) is 2.41. The summed E-state index contributed by atoms with van der Waals surface area (Å²) in [5, 5.41) is 3.70. The maximum Gasteiger partial charge on any atom is 0.264 e. The lowest BCUT2D eigenvalue weighted by atomic mass is 10.1. The zero-order chi connectivity index (χ0) is 25.0. The molecular formula is C26H27Cl2N3O3S. The second-order valence-corrected chi connectivity index (χ2v) is 11.3. The molecule has 4 rings (SSSR count). The van der Waals surface area contributed by atoms with E-state index in [0.717, 1.165) is 23.0 Å². The van der Waals surface area contributed by atoms with Crippen LogP contribution in [0.1, 0.15) is 31.4 Å². The van der Waals surface area contributed by atoms with E-state index in [4.69, 9.17) is 23.2 Å². The molecule has 0 spiro atoms. The van der Waals surface area contributed by atoms with Gasteiger partial charge in [0.05, 0.1) is 16.6 Å². The topological polar surface area (TPSA) is 69.7 Å². The fourth-order valence-electron chi connectivity index (χ4n) is 4.13. The summed E-state index contributed by atoms with van der Waals surface area (Å²) in [5.74, 6) is -0.432. The smallest absolute Gasteiger partial charge is 0.264 e. The molecule has 1 aliphatic heterocycles. The van der Waals surface area contributed by atoms with Crippen molar-refractivity contribution in [1.82, 2.24) is 5.32 Å². The number of nitrogens with zero attached hydrogens (tertiary/aromatic N) is 2. The van der Waals surface area contributed by atoms with Crippen molar-refractivity contribution in [2.75, 3.05) is 28.8 Å². The number of nitrogens with one attached hydrogen (secondary N) is 1. The highest BCUT2D eigenvalue weighted by Crippen LogP contribution is 2.27. The highest BCUT2D eigenvalue weighted by atomic mass is 35.5. The molecule has 1 heterocycles. The fraction of sp³-hybridized carbons (Fsp3) is 0.269. The minimum Gasteiger partial charge on any atom is -0.372 e. The van der Waals surface area contributed by atoms with Crippen molar-refractivity contribution in [3.05, 3.63) is 88.4 Å². The number of carbonyl (C=O) groups excluding carboxylic acids is 1. The lowest BCUT2D eigenvalue weighted by Gasteiger charge is -2.25. The summed E-state index contributed by atoms with van der Waals surface area (Å²) in [4.78, 5) is 15.4. The molecule has 1 amide bonds. The molecule has 1 saturated heterocycles. The number of benzene rings is 3. The molecule has 3 aromatic rings. The Morgan fingerprint density at radius 3 is 2.26 bits per heavy atom. The summed E-state index contributed by atoms with van der Waals surface area (Å²) in [5.41, 5.74) is 2.41. The van der Waals surface area contributed by atoms with Gasteiger partial charge in [-0.25, -0.2) is 8.42 Å². The number of halogens is 2. The van der Waals surface area contributed by atoms with Gasteiger partial charge in [0.1, 0.15) is 6.54 Å². The van der Waals surface area contributed by atoms with E-state index in [1.807, 2.05) is 19.1 Å². The number of hydrogen-bond acceptors (Lipinski definition) is 4. The first-order valence-corrected chi connectivity index (χ1v) is 13.6. The molecule has 6 nitrogen and oxygen atoms in total. The Bertz CT molecular complexity index is 1280. The molecule has 1 aliphatic rings. The molecule has 1 N–H and O–H groups in total. The molecule has 184 valence electrons. The van der Waals surface area contributed by atoms with Crippen molar-refractivity contribution >= 4 is 50.5 Å². The van der Waals surface area contributed by atoms with Crippen LogP contribution in [0.25, 0.3) is 0 Å². The number of sulfonamides is 1. The van der Waals surface area contributed by atoms with Crippen LogP contribution in [0.5, 0.6) is 0 Å². The van der Waals surface area contributed by atoms with Gasteiger partial charge < -0.3 is 10.2 Å². The van der Waals surface area contributed by atoms with E-state index >= 15 is 0 Å². The fourth-order valence-corrected chi connectivity index (χ4v) is 5.85. The highest BCUT2D eigenvalue weighted by Gasteiger charge is 2.28. The van der Waals surface area contributed by atoms with Crippen LogP contribution < -0.4 is 14.5 Å². The van der Waals surface area contributed by atoms with E-state index in [1.165, 1.54) is 48.9 Å². The number of anilines is 2. The third-order valence-corrected chi connectivity index (χ3v) is 8.30. The van der Waals surface area contributed by atoms with Gasteiger partial charge in [-0.1, -0.05) is 41.4 Å². The van der Waals surface area contributed by atoms with Gasteiger partial charge >= 0.3 is 0 Å². The van der Waals surface area contributed by atoms with Gasteiger partial charge in [0.15, 0.2) is 0 Å². The lowest BCUT2D eigenvalue weighted by molar-refractivity contribution is -0.120. The van der Waals surface area contributed by atoms with Crippen molar-refractivity contribution in [1.29, 1.82) is 0 Å².